The highest BCUT2D eigenvalue weighted by Crippen LogP contribution is 2.24. The number of nitrogens with one attached hydrogen (secondary N) is 1. The van der Waals surface area contributed by atoms with Gasteiger partial charge in [0.2, 0.25) is 0 Å². The van der Waals surface area contributed by atoms with Gasteiger partial charge in [-0.1, -0.05) is 29.3 Å². The zero-order chi connectivity index (χ0) is 14.0. The molecule has 0 radical (unpaired) electrons. The van der Waals surface area contributed by atoms with Crippen molar-refractivity contribution < 1.29 is 9.18 Å². The van der Waals surface area contributed by atoms with Gasteiger partial charge in [-0.3, -0.25) is 4.79 Å². The van der Waals surface area contributed by atoms with Crippen molar-refractivity contribution in [2.75, 3.05) is 5.32 Å². The Morgan fingerprint density at radius 3 is 2.79 bits per heavy atom. The second kappa shape index (κ2) is 5.55. The van der Waals surface area contributed by atoms with Gasteiger partial charge in [0.25, 0.3) is 5.91 Å². The van der Waals surface area contributed by atoms with Crippen molar-refractivity contribution in [2.24, 2.45) is 0 Å². The molecule has 1 aromatic heterocycles. The van der Waals surface area contributed by atoms with E-state index in [-0.39, 0.29) is 10.7 Å². The molecule has 1 N–H and O–H groups in total. The van der Waals surface area contributed by atoms with E-state index in [0.29, 0.717) is 10.7 Å². The molecule has 0 atom stereocenters. The maximum atomic E-state index is 13.1. The monoisotopic (exact) mass is 298 g/mol. The van der Waals surface area contributed by atoms with Gasteiger partial charge in [0.15, 0.2) is 0 Å². The molecule has 0 unspecified atom stereocenters. The van der Waals surface area contributed by atoms with Crippen molar-refractivity contribution in [3.63, 3.8) is 0 Å². The van der Waals surface area contributed by atoms with Crippen LogP contribution in [0.15, 0.2) is 30.5 Å². The fourth-order valence-corrected chi connectivity index (χ4v) is 1.86. The van der Waals surface area contributed by atoms with Crippen LogP contribution in [0.2, 0.25) is 10.2 Å². The van der Waals surface area contributed by atoms with Crippen LogP contribution in [-0.4, -0.2) is 10.9 Å². The predicted molar refractivity (Wildman–Crippen MR) is 73.3 cm³/mol. The van der Waals surface area contributed by atoms with E-state index in [2.05, 4.69) is 10.3 Å². The number of hydrogen-bond donors (Lipinski definition) is 1. The molecule has 0 aliphatic rings. The van der Waals surface area contributed by atoms with E-state index >= 15 is 0 Å². The highest BCUT2D eigenvalue weighted by atomic mass is 35.5. The first-order valence-corrected chi connectivity index (χ1v) is 6.11. The number of aryl methyl sites for hydroxylation is 1. The molecule has 0 saturated carbocycles. The summed E-state index contributed by atoms with van der Waals surface area (Å²) in [6.45, 7) is 1.86. The molecule has 0 saturated heterocycles. The van der Waals surface area contributed by atoms with Crippen LogP contribution in [0, 0.1) is 12.7 Å². The van der Waals surface area contributed by atoms with Crippen LogP contribution >= 0.6 is 23.2 Å². The van der Waals surface area contributed by atoms with Gasteiger partial charge in [-0.05, 0) is 30.7 Å². The van der Waals surface area contributed by atoms with Gasteiger partial charge < -0.3 is 5.32 Å². The maximum Gasteiger partial charge on any atom is 0.258 e. The zero-order valence-corrected chi connectivity index (χ0v) is 11.4. The average Bonchev–Trinajstić information content (AvgIpc) is 2.36. The van der Waals surface area contributed by atoms with Crippen LogP contribution in [-0.2, 0) is 0 Å². The number of anilines is 1. The number of rotatable bonds is 2. The van der Waals surface area contributed by atoms with Gasteiger partial charge >= 0.3 is 0 Å². The van der Waals surface area contributed by atoms with Crippen LogP contribution in [0.4, 0.5) is 10.1 Å². The largest absolute Gasteiger partial charge is 0.321 e. The molecule has 0 aliphatic heterocycles. The number of aromatic nitrogens is 1. The fourth-order valence-electron chi connectivity index (χ4n) is 1.51. The SMILES string of the molecule is Cc1ccc(Cl)c(NC(=O)c2cc(F)cnc2Cl)c1. The van der Waals surface area contributed by atoms with E-state index in [1.165, 1.54) is 0 Å². The van der Waals surface area contributed by atoms with Crippen LogP contribution in [0.25, 0.3) is 0 Å². The summed E-state index contributed by atoms with van der Waals surface area (Å²) in [7, 11) is 0. The van der Waals surface area contributed by atoms with Crippen LogP contribution < -0.4 is 5.32 Å². The van der Waals surface area contributed by atoms with Gasteiger partial charge in [0.05, 0.1) is 22.5 Å². The molecule has 0 fully saturated rings. The van der Waals surface area contributed by atoms with Gasteiger partial charge in [0, 0.05) is 0 Å². The normalized spacial score (nSPS) is 10.3. The third-order valence-corrected chi connectivity index (χ3v) is 3.05. The maximum absolute atomic E-state index is 13.1. The van der Waals surface area contributed by atoms with Gasteiger partial charge in [0.1, 0.15) is 11.0 Å². The summed E-state index contributed by atoms with van der Waals surface area (Å²) in [6.07, 6.45) is 0.943. The summed E-state index contributed by atoms with van der Waals surface area (Å²) >= 11 is 11.7. The summed E-state index contributed by atoms with van der Waals surface area (Å²) in [4.78, 5) is 15.6. The van der Waals surface area contributed by atoms with Crippen LogP contribution in [0.5, 0.6) is 0 Å². The molecule has 1 amide bonds. The molecule has 0 aliphatic carbocycles. The van der Waals surface area contributed by atoms with Crippen molar-refractivity contribution in [2.45, 2.75) is 6.92 Å². The Balaban J connectivity index is 2.30. The van der Waals surface area contributed by atoms with E-state index in [9.17, 15) is 9.18 Å². The molecular formula is C13H9Cl2FN2O. The molecule has 0 bridgehead atoms. The minimum absolute atomic E-state index is 0.0424. The third kappa shape index (κ3) is 3.22. The number of pyridine rings is 1. The molecule has 3 nitrogen and oxygen atoms in total. The first-order chi connectivity index (χ1) is 8.97. The van der Waals surface area contributed by atoms with E-state index in [1.807, 2.05) is 13.0 Å². The minimum Gasteiger partial charge on any atom is -0.321 e. The summed E-state index contributed by atoms with van der Waals surface area (Å²) in [5, 5.41) is 2.89. The Bertz CT molecular complexity index is 647. The Kier molecular flexibility index (Phi) is 4.02. The first-order valence-electron chi connectivity index (χ1n) is 5.36. The highest BCUT2D eigenvalue weighted by molar-refractivity contribution is 6.35. The minimum atomic E-state index is -0.634. The fraction of sp³-hybridized carbons (Fsp3) is 0.0769. The smallest absolute Gasteiger partial charge is 0.258 e. The average molecular weight is 299 g/mol. The predicted octanol–water partition coefficient (Wildman–Crippen LogP) is 4.09. The van der Waals surface area contributed by atoms with Crippen molar-refractivity contribution >= 4 is 34.8 Å². The number of halogens is 3. The number of benzene rings is 1. The zero-order valence-electron chi connectivity index (χ0n) is 9.88. The van der Waals surface area contributed by atoms with Crippen LogP contribution in [0.1, 0.15) is 15.9 Å². The highest BCUT2D eigenvalue weighted by Gasteiger charge is 2.14. The summed E-state index contributed by atoms with van der Waals surface area (Å²) < 4.78 is 13.1. The topological polar surface area (TPSA) is 42.0 Å². The van der Waals surface area contributed by atoms with E-state index in [4.69, 9.17) is 23.2 Å². The molecule has 6 heteroatoms. The summed E-state index contributed by atoms with van der Waals surface area (Å²) in [5.74, 6) is -1.20. The van der Waals surface area contributed by atoms with Gasteiger partial charge in [-0.2, -0.15) is 0 Å². The first kappa shape index (κ1) is 13.8. The summed E-state index contributed by atoms with van der Waals surface area (Å²) in [5.41, 5.74) is 1.33. The Morgan fingerprint density at radius 2 is 2.05 bits per heavy atom. The standard InChI is InChI=1S/C13H9Cl2FN2O/c1-7-2-3-10(14)11(4-7)18-13(19)9-5-8(16)6-17-12(9)15/h2-6H,1H3,(H,18,19). The molecule has 1 aromatic carbocycles. The van der Waals surface area contributed by atoms with Crippen LogP contribution in [0.3, 0.4) is 0 Å². The van der Waals surface area contributed by atoms with Gasteiger partial charge in [-0.25, -0.2) is 9.37 Å². The molecule has 1 heterocycles. The lowest BCUT2D eigenvalue weighted by molar-refractivity contribution is 0.102. The number of amides is 1. The Hall–Kier alpha value is -1.65. The van der Waals surface area contributed by atoms with Crippen molar-refractivity contribution in [1.29, 1.82) is 0 Å². The van der Waals surface area contributed by atoms with Crippen molar-refractivity contribution in [3.8, 4) is 0 Å². The second-order valence-corrected chi connectivity index (χ2v) is 4.69. The lowest BCUT2D eigenvalue weighted by atomic mass is 10.2. The molecule has 2 aromatic rings. The molecule has 19 heavy (non-hydrogen) atoms. The number of hydrogen-bond acceptors (Lipinski definition) is 2. The van der Waals surface area contributed by atoms with E-state index in [0.717, 1.165) is 17.8 Å². The Morgan fingerprint density at radius 1 is 1.32 bits per heavy atom. The van der Waals surface area contributed by atoms with E-state index in [1.54, 1.807) is 12.1 Å². The van der Waals surface area contributed by atoms with E-state index < -0.39 is 11.7 Å². The van der Waals surface area contributed by atoms with Crippen molar-refractivity contribution in [1.82, 2.24) is 4.98 Å². The number of carbonyl (C=O) groups excluding carboxylic acids is 1. The van der Waals surface area contributed by atoms with Gasteiger partial charge in [-0.15, -0.1) is 0 Å². The molecule has 2 rings (SSSR count). The molecular weight excluding hydrogens is 290 g/mol. The Labute approximate surface area is 119 Å². The molecule has 98 valence electrons. The number of carbonyl (C=O) groups is 1. The lowest BCUT2D eigenvalue weighted by Crippen LogP contribution is -2.13. The second-order valence-electron chi connectivity index (χ2n) is 3.93. The lowest BCUT2D eigenvalue weighted by Gasteiger charge is -2.09. The van der Waals surface area contributed by atoms with Crippen molar-refractivity contribution in [3.05, 3.63) is 57.6 Å². The quantitative estimate of drug-likeness (QED) is 0.849. The molecule has 0 spiro atoms. The number of nitrogens with zero attached hydrogens (tertiary/aromatic N) is 1. The summed E-state index contributed by atoms with van der Waals surface area (Å²) in [6, 6.07) is 6.21. The third-order valence-electron chi connectivity index (χ3n) is 2.42.